The number of para-hydroxylation sites is 2. The van der Waals surface area contributed by atoms with Gasteiger partial charge in [0.1, 0.15) is 0 Å². The molecular weight excluding hydrogens is 687 g/mol. The Morgan fingerprint density at radius 1 is 0.578 bits per heavy atom. The van der Waals surface area contributed by atoms with E-state index in [2.05, 4.69) is 77.9 Å². The van der Waals surface area contributed by atoms with Crippen LogP contribution in [0, 0.1) is 0 Å². The third-order valence-electron chi connectivity index (χ3n) is 7.70. The second-order valence-corrected chi connectivity index (χ2v) is 11.7. The molecular formula is C37H50Cl4CoN3. The Labute approximate surface area is 307 Å². The molecule has 3 nitrogen and oxygen atoms in total. The smallest absolute Gasteiger partial charge is 1.00 e. The molecule has 0 saturated heterocycles. The summed E-state index contributed by atoms with van der Waals surface area (Å²) in [6, 6.07) is 17.2. The van der Waals surface area contributed by atoms with Gasteiger partial charge in [-0.2, -0.15) is 0 Å². The van der Waals surface area contributed by atoms with Crippen LogP contribution in [0.25, 0.3) is 0 Å². The number of nitrogens with zero attached hydrogens (tertiary/aromatic N) is 3. The fourth-order valence-electron chi connectivity index (χ4n) is 5.17. The number of halogens is 4. The van der Waals surface area contributed by atoms with Crippen LogP contribution in [0.3, 0.4) is 0 Å². The fourth-order valence-corrected chi connectivity index (χ4v) is 5.38. The first-order valence-corrected chi connectivity index (χ1v) is 16.3. The van der Waals surface area contributed by atoms with Gasteiger partial charge in [-0.15, -0.1) is 0 Å². The molecule has 0 unspecified atom stereocenters. The number of aliphatic imine (C=N–C) groups is 2. The van der Waals surface area contributed by atoms with Gasteiger partial charge in [0.05, 0.1) is 34.2 Å². The number of hydrogen-bond acceptors (Lipinski definition) is 3. The van der Waals surface area contributed by atoms with Crippen molar-refractivity contribution in [3.63, 3.8) is 0 Å². The van der Waals surface area contributed by atoms with Gasteiger partial charge in [-0.3, -0.25) is 9.98 Å². The zero-order chi connectivity index (χ0) is 29.6. The van der Waals surface area contributed by atoms with Gasteiger partial charge in [-0.05, 0) is 99.6 Å². The van der Waals surface area contributed by atoms with Gasteiger partial charge >= 0.3 is 16.8 Å². The van der Waals surface area contributed by atoms with E-state index in [-0.39, 0.29) is 54.0 Å². The first-order valence-electron chi connectivity index (χ1n) is 15.9. The SMILES string of the molecule is CCCCc1cccc(CCCC)c1N=C(C)c1cc(Cl)cc(C(C)=Nc2c(CCCC)cccc2CCCC)n1.[Cl-].[Cl-].[Cl-].[Co+3]. The number of aromatic nitrogens is 1. The van der Waals surface area contributed by atoms with E-state index in [1.807, 2.05) is 12.1 Å². The van der Waals surface area contributed by atoms with Crippen LogP contribution in [-0.2, 0) is 42.5 Å². The molecule has 0 fully saturated rings. The summed E-state index contributed by atoms with van der Waals surface area (Å²) in [5.74, 6) is 0. The second kappa shape index (κ2) is 24.7. The van der Waals surface area contributed by atoms with E-state index in [0.29, 0.717) is 5.02 Å². The van der Waals surface area contributed by atoms with Crippen LogP contribution in [0.4, 0.5) is 11.4 Å². The van der Waals surface area contributed by atoms with Gasteiger partial charge in [0.2, 0.25) is 0 Å². The van der Waals surface area contributed by atoms with Crippen molar-refractivity contribution in [3.8, 4) is 0 Å². The van der Waals surface area contributed by atoms with Crippen LogP contribution in [0.1, 0.15) is 127 Å². The molecule has 3 aromatic rings. The van der Waals surface area contributed by atoms with Crippen LogP contribution in [-0.4, -0.2) is 16.4 Å². The van der Waals surface area contributed by atoms with E-state index in [1.165, 1.54) is 47.9 Å². The van der Waals surface area contributed by atoms with Crippen molar-refractivity contribution in [2.24, 2.45) is 9.98 Å². The predicted molar refractivity (Wildman–Crippen MR) is 180 cm³/mol. The van der Waals surface area contributed by atoms with Gasteiger partial charge in [0.25, 0.3) is 0 Å². The Morgan fingerprint density at radius 3 is 1.13 bits per heavy atom. The standard InChI is InChI=1S/C37H50ClN3.3ClH.Co/c1-7-11-17-29-21-15-22-30(18-12-8-2)36(29)39-27(5)34-25-33(38)26-35(41-34)28(6)40-37-31(19-13-9-3)23-16-24-32(37)20-14-10-4;;;;/h15-16,21-26H,7-14,17-20H2,1-6H3;3*1H;/q;;;;+3/p-3. The average Bonchev–Trinajstić information content (AvgIpc) is 2.98. The maximum atomic E-state index is 6.69. The average molecular weight is 738 g/mol. The van der Waals surface area contributed by atoms with E-state index in [0.717, 1.165) is 85.6 Å². The molecule has 0 saturated carbocycles. The maximum Gasteiger partial charge on any atom is 3.00 e. The summed E-state index contributed by atoms with van der Waals surface area (Å²) in [6.07, 6.45) is 13.5. The van der Waals surface area contributed by atoms with E-state index in [1.54, 1.807) is 0 Å². The van der Waals surface area contributed by atoms with Crippen molar-refractivity contribution in [1.29, 1.82) is 0 Å². The number of unbranched alkanes of at least 4 members (excludes halogenated alkanes) is 4. The number of aryl methyl sites for hydroxylation is 4. The molecule has 0 bridgehead atoms. The second-order valence-electron chi connectivity index (χ2n) is 11.2. The zero-order valence-corrected chi connectivity index (χ0v) is 31.9. The predicted octanol–water partition coefficient (Wildman–Crippen LogP) is 2.40. The summed E-state index contributed by atoms with van der Waals surface area (Å²) in [5, 5.41) is 0.657. The van der Waals surface area contributed by atoms with Crippen molar-refractivity contribution in [1.82, 2.24) is 4.98 Å². The third-order valence-corrected chi connectivity index (χ3v) is 7.91. The molecule has 0 aliphatic heterocycles. The summed E-state index contributed by atoms with van der Waals surface area (Å²) in [7, 11) is 0. The normalized spacial score (nSPS) is 11.2. The van der Waals surface area contributed by atoms with Crippen molar-refractivity contribution in [2.45, 2.75) is 119 Å². The molecule has 0 atom stereocenters. The molecule has 45 heavy (non-hydrogen) atoms. The van der Waals surface area contributed by atoms with Gasteiger partial charge in [-0.25, -0.2) is 4.98 Å². The largest absolute Gasteiger partial charge is 3.00 e. The van der Waals surface area contributed by atoms with Gasteiger partial charge in [-0.1, -0.05) is 101 Å². The molecule has 0 aliphatic rings. The maximum absolute atomic E-state index is 6.69. The Morgan fingerprint density at radius 2 is 0.867 bits per heavy atom. The minimum Gasteiger partial charge on any atom is -1.00 e. The van der Waals surface area contributed by atoms with Crippen molar-refractivity contribution >= 4 is 34.4 Å². The molecule has 0 aliphatic carbocycles. The fraction of sp³-hybridized carbons (Fsp3) is 0.486. The van der Waals surface area contributed by atoms with Gasteiger partial charge in [0, 0.05) is 5.02 Å². The van der Waals surface area contributed by atoms with E-state index in [9.17, 15) is 0 Å². The van der Waals surface area contributed by atoms with Crippen LogP contribution >= 0.6 is 11.6 Å². The Balaban J connectivity index is 0. The molecule has 250 valence electrons. The molecule has 0 amide bonds. The molecule has 0 spiro atoms. The number of rotatable bonds is 16. The molecule has 1 heterocycles. The summed E-state index contributed by atoms with van der Waals surface area (Å²) in [5.41, 5.74) is 10.9. The number of pyridine rings is 1. The van der Waals surface area contributed by atoms with Crippen LogP contribution in [0.2, 0.25) is 5.02 Å². The van der Waals surface area contributed by atoms with E-state index < -0.39 is 0 Å². The minimum absolute atomic E-state index is 0. The monoisotopic (exact) mass is 735 g/mol. The first-order chi connectivity index (χ1) is 19.9. The van der Waals surface area contributed by atoms with Gasteiger partial charge < -0.3 is 37.2 Å². The molecule has 0 N–H and O–H groups in total. The number of hydrogen-bond donors (Lipinski definition) is 0. The molecule has 3 rings (SSSR count). The number of benzene rings is 2. The minimum atomic E-state index is 0. The van der Waals surface area contributed by atoms with Crippen molar-refractivity contribution in [2.75, 3.05) is 0 Å². The third kappa shape index (κ3) is 14.1. The Bertz CT molecular complexity index is 1190. The van der Waals surface area contributed by atoms with Crippen LogP contribution in [0.15, 0.2) is 58.5 Å². The van der Waals surface area contributed by atoms with Crippen molar-refractivity contribution < 1.29 is 54.0 Å². The summed E-state index contributed by atoms with van der Waals surface area (Å²) >= 11 is 6.69. The molecule has 0 radical (unpaired) electrons. The van der Waals surface area contributed by atoms with Crippen molar-refractivity contribution in [3.05, 3.63) is 87.2 Å². The quantitative estimate of drug-likeness (QED) is 0.209. The Kier molecular flexibility index (Phi) is 25.1. The Hall–Kier alpha value is -1.40. The summed E-state index contributed by atoms with van der Waals surface area (Å²) in [4.78, 5) is 15.5. The van der Waals surface area contributed by atoms with Crippen LogP contribution < -0.4 is 37.2 Å². The molecule has 8 heteroatoms. The summed E-state index contributed by atoms with van der Waals surface area (Å²) < 4.78 is 0. The van der Waals surface area contributed by atoms with E-state index >= 15 is 0 Å². The summed E-state index contributed by atoms with van der Waals surface area (Å²) in [6.45, 7) is 13.1. The van der Waals surface area contributed by atoms with E-state index in [4.69, 9.17) is 26.6 Å². The molecule has 1 aromatic heterocycles. The topological polar surface area (TPSA) is 37.6 Å². The first kappa shape index (κ1) is 45.7. The molecule has 2 aromatic carbocycles. The van der Waals surface area contributed by atoms with Crippen LogP contribution in [0.5, 0.6) is 0 Å². The van der Waals surface area contributed by atoms with Gasteiger partial charge in [0.15, 0.2) is 0 Å². The zero-order valence-electron chi connectivity index (χ0n) is 27.8.